The first kappa shape index (κ1) is 14.7. The number of ether oxygens (including phenoxy) is 1. The molecule has 0 saturated carbocycles. The van der Waals surface area contributed by atoms with E-state index in [0.717, 1.165) is 0 Å². The van der Waals surface area contributed by atoms with Crippen molar-refractivity contribution in [1.82, 2.24) is 0 Å². The maximum atomic E-state index is 11.3. The van der Waals surface area contributed by atoms with E-state index in [2.05, 4.69) is 0 Å². The Hall–Kier alpha value is -0.269. The summed E-state index contributed by atoms with van der Waals surface area (Å²) in [7, 11) is 0. The molecule has 0 heterocycles. The van der Waals surface area contributed by atoms with Crippen LogP contribution in [0.4, 0.5) is 0 Å². The van der Waals surface area contributed by atoms with Gasteiger partial charge in [0.15, 0.2) is 0 Å². The van der Waals surface area contributed by atoms with Gasteiger partial charge in [-0.3, -0.25) is 0 Å². The third-order valence-corrected chi connectivity index (χ3v) is 1.65. The number of carboxylic acids is 1. The Morgan fingerprint density at radius 1 is 1.33 bits per heavy atom. The molecule has 78 valence electrons. The summed E-state index contributed by atoms with van der Waals surface area (Å²) in [5, 5.41) is 8.77. The molecule has 0 saturated heterocycles. The minimum Gasteiger partial charge on any atom is -1.00 e. The van der Waals surface area contributed by atoms with E-state index < -0.39 is 11.9 Å². The van der Waals surface area contributed by atoms with Crippen LogP contribution < -0.4 is 0 Å². The zero-order valence-corrected chi connectivity index (χ0v) is 12.8. The number of benzene rings is 1. The van der Waals surface area contributed by atoms with Crippen LogP contribution in [0.15, 0.2) is 24.3 Å². The standard InChI is InChI=1S/C10H10O4.Ba.2H/c1-2-14-10(13)8-6-4-3-5-7(8)9(11)12;;;/h3-6H,2H2,1H3,(H,11,12);;;/q;+2;2*-1. The van der Waals surface area contributed by atoms with E-state index in [9.17, 15) is 9.59 Å². The first-order valence-electron chi connectivity index (χ1n) is 4.16. The molecule has 1 N–H and O–H groups in total. The van der Waals surface area contributed by atoms with Crippen molar-refractivity contribution >= 4 is 60.8 Å². The van der Waals surface area contributed by atoms with Crippen LogP contribution in [0, 0.1) is 0 Å². The predicted octanol–water partition coefficient (Wildman–Crippen LogP) is 1.41. The first-order chi connectivity index (χ1) is 6.66. The predicted molar refractivity (Wildman–Crippen MR) is 57.3 cm³/mol. The molecule has 1 aromatic carbocycles. The smallest absolute Gasteiger partial charge is 1.00 e. The van der Waals surface area contributed by atoms with E-state index in [1.54, 1.807) is 19.1 Å². The minimum atomic E-state index is -1.13. The van der Waals surface area contributed by atoms with Crippen molar-refractivity contribution in [1.29, 1.82) is 0 Å². The molecule has 0 fully saturated rings. The Kier molecular flexibility index (Phi) is 6.95. The minimum absolute atomic E-state index is 0. The number of rotatable bonds is 3. The summed E-state index contributed by atoms with van der Waals surface area (Å²) < 4.78 is 4.72. The molecule has 0 aliphatic rings. The van der Waals surface area contributed by atoms with Gasteiger partial charge in [-0.05, 0) is 19.1 Å². The number of carboxylic acid groups (broad SMARTS) is 1. The zero-order chi connectivity index (χ0) is 10.6. The largest absolute Gasteiger partial charge is 2.00 e. The van der Waals surface area contributed by atoms with Crippen molar-refractivity contribution in [3.8, 4) is 0 Å². The molecule has 0 amide bonds. The quantitative estimate of drug-likeness (QED) is 0.671. The molecule has 5 heteroatoms. The summed E-state index contributed by atoms with van der Waals surface area (Å²) in [5.41, 5.74) is 0.0489. The molecule has 0 aromatic heterocycles. The topological polar surface area (TPSA) is 63.6 Å². The molecule has 1 rings (SSSR count). The monoisotopic (exact) mass is 334 g/mol. The summed E-state index contributed by atoms with van der Waals surface area (Å²) >= 11 is 0. The van der Waals surface area contributed by atoms with Gasteiger partial charge in [-0.15, -0.1) is 0 Å². The van der Waals surface area contributed by atoms with Gasteiger partial charge < -0.3 is 12.7 Å². The van der Waals surface area contributed by atoms with Crippen molar-refractivity contribution in [3.63, 3.8) is 0 Å². The van der Waals surface area contributed by atoms with Crippen molar-refractivity contribution in [2.24, 2.45) is 0 Å². The van der Waals surface area contributed by atoms with E-state index >= 15 is 0 Å². The van der Waals surface area contributed by atoms with Gasteiger partial charge in [0.1, 0.15) is 0 Å². The molecular weight excluding hydrogens is 321 g/mol. The fourth-order valence-corrected chi connectivity index (χ4v) is 1.06. The van der Waals surface area contributed by atoms with Gasteiger partial charge in [0, 0.05) is 0 Å². The Morgan fingerprint density at radius 2 is 1.87 bits per heavy atom. The van der Waals surface area contributed by atoms with Crippen LogP contribution >= 0.6 is 0 Å². The number of aromatic carboxylic acids is 1. The Morgan fingerprint density at radius 3 is 2.33 bits per heavy atom. The van der Waals surface area contributed by atoms with Crippen molar-refractivity contribution in [3.05, 3.63) is 35.4 Å². The average molecular weight is 334 g/mol. The SMILES string of the molecule is CCOC(=O)c1ccccc1C(=O)O.[Ba+2].[H-].[H-]. The van der Waals surface area contributed by atoms with Gasteiger partial charge in [0.2, 0.25) is 0 Å². The van der Waals surface area contributed by atoms with E-state index in [1.807, 2.05) is 0 Å². The van der Waals surface area contributed by atoms with E-state index in [0.29, 0.717) is 0 Å². The van der Waals surface area contributed by atoms with Gasteiger partial charge in [0.25, 0.3) is 0 Å². The maximum absolute atomic E-state index is 11.3. The average Bonchev–Trinajstić information content (AvgIpc) is 2.18. The van der Waals surface area contributed by atoms with E-state index in [-0.39, 0.29) is 69.5 Å². The molecule has 0 aliphatic carbocycles. The van der Waals surface area contributed by atoms with Crippen molar-refractivity contribution in [2.45, 2.75) is 6.92 Å². The molecule has 0 atom stereocenters. The van der Waals surface area contributed by atoms with Gasteiger partial charge in [-0.2, -0.15) is 0 Å². The Balaban J connectivity index is -0.000000653. The van der Waals surface area contributed by atoms with Crippen molar-refractivity contribution < 1.29 is 22.3 Å². The van der Waals surface area contributed by atoms with Crippen LogP contribution in [0.2, 0.25) is 0 Å². The fourth-order valence-electron chi connectivity index (χ4n) is 1.06. The van der Waals surface area contributed by atoms with E-state index in [4.69, 9.17) is 9.84 Å². The number of carbonyl (C=O) groups is 2. The summed E-state index contributed by atoms with van der Waals surface area (Å²) in [6.45, 7) is 1.90. The van der Waals surface area contributed by atoms with Gasteiger partial charge in [0.05, 0.1) is 17.7 Å². The van der Waals surface area contributed by atoms with Gasteiger partial charge in [-0.1, -0.05) is 12.1 Å². The molecule has 4 nitrogen and oxygen atoms in total. The summed E-state index contributed by atoms with van der Waals surface area (Å²) in [6.07, 6.45) is 0. The van der Waals surface area contributed by atoms with Crippen LogP contribution in [0.1, 0.15) is 30.5 Å². The number of carbonyl (C=O) groups excluding carboxylic acids is 1. The van der Waals surface area contributed by atoms with Crippen LogP contribution in [0.5, 0.6) is 0 Å². The zero-order valence-electron chi connectivity index (χ0n) is 10.4. The van der Waals surface area contributed by atoms with E-state index in [1.165, 1.54) is 12.1 Å². The second-order valence-electron chi connectivity index (χ2n) is 2.57. The molecule has 0 radical (unpaired) electrons. The van der Waals surface area contributed by atoms with Crippen molar-refractivity contribution in [2.75, 3.05) is 6.61 Å². The fraction of sp³-hybridized carbons (Fsp3) is 0.200. The number of esters is 1. The van der Waals surface area contributed by atoms with Crippen LogP contribution in [0.3, 0.4) is 0 Å². The molecule has 0 spiro atoms. The summed E-state index contributed by atoms with van der Waals surface area (Å²) in [5.74, 6) is -1.74. The molecule has 0 bridgehead atoms. The summed E-state index contributed by atoms with van der Waals surface area (Å²) in [6, 6.07) is 5.96. The van der Waals surface area contributed by atoms with Crippen LogP contribution in [-0.4, -0.2) is 72.5 Å². The van der Waals surface area contributed by atoms with Gasteiger partial charge in [-0.25, -0.2) is 9.59 Å². The first-order valence-corrected chi connectivity index (χ1v) is 4.16. The Labute approximate surface area is 131 Å². The normalized spacial score (nSPS) is 8.87. The number of hydrogen-bond donors (Lipinski definition) is 1. The summed E-state index contributed by atoms with van der Waals surface area (Å²) in [4.78, 5) is 22.0. The van der Waals surface area contributed by atoms with Gasteiger partial charge >= 0.3 is 60.8 Å². The third kappa shape index (κ3) is 4.00. The maximum Gasteiger partial charge on any atom is 2.00 e. The van der Waals surface area contributed by atoms with Crippen LogP contribution in [-0.2, 0) is 4.74 Å². The molecule has 0 unspecified atom stereocenters. The second-order valence-corrected chi connectivity index (χ2v) is 2.57. The molecule has 0 aliphatic heterocycles. The third-order valence-electron chi connectivity index (χ3n) is 1.65. The van der Waals surface area contributed by atoms with Crippen LogP contribution in [0.25, 0.3) is 0 Å². The number of hydrogen-bond acceptors (Lipinski definition) is 3. The second kappa shape index (κ2) is 7.08. The Bertz CT molecular complexity index is 371. The molecular formula is C10H12BaO4. The molecule has 1 aromatic rings. The molecule has 15 heavy (non-hydrogen) atoms.